The molecular weight excluding hydrogens is 324 g/mol. The first-order valence-corrected chi connectivity index (χ1v) is 10.4. The molecule has 2 fully saturated rings. The minimum absolute atomic E-state index is 0.0116. The van der Waals surface area contributed by atoms with Crippen LogP contribution in [-0.2, 0) is 10.0 Å². The van der Waals surface area contributed by atoms with E-state index >= 15 is 0 Å². The average Bonchev–Trinajstić information content (AvgIpc) is 2.55. The number of hydrogen-bond donors (Lipinski definition) is 0. The van der Waals surface area contributed by atoms with Crippen LogP contribution < -0.4 is 4.31 Å². The third-order valence-electron chi connectivity index (χ3n) is 5.14. The molecule has 0 saturated carbocycles. The van der Waals surface area contributed by atoms with Gasteiger partial charge in [0.25, 0.3) is 5.91 Å². The summed E-state index contributed by atoms with van der Waals surface area (Å²) in [5.41, 5.74) is 2.14. The van der Waals surface area contributed by atoms with Gasteiger partial charge in [-0.3, -0.25) is 9.10 Å². The number of benzene rings is 1. The van der Waals surface area contributed by atoms with Crippen LogP contribution in [0.5, 0.6) is 0 Å². The molecule has 0 N–H and O–H groups in total. The Hall–Kier alpha value is -1.56. The highest BCUT2D eigenvalue weighted by molar-refractivity contribution is 7.92. The number of sulfonamides is 1. The number of anilines is 1. The molecule has 0 radical (unpaired) electrons. The number of amides is 1. The smallest absolute Gasteiger partial charge is 0.253 e. The van der Waals surface area contributed by atoms with E-state index in [1.54, 1.807) is 6.07 Å². The summed E-state index contributed by atoms with van der Waals surface area (Å²) in [4.78, 5) is 14.7. The van der Waals surface area contributed by atoms with Crippen LogP contribution in [0.1, 0.15) is 48.5 Å². The summed E-state index contributed by atoms with van der Waals surface area (Å²) >= 11 is 0. The van der Waals surface area contributed by atoms with E-state index in [0.717, 1.165) is 37.9 Å². The maximum atomic E-state index is 12.8. The molecule has 0 spiro atoms. The first-order valence-electron chi connectivity index (χ1n) is 8.79. The Labute approximate surface area is 144 Å². The van der Waals surface area contributed by atoms with E-state index in [2.05, 4.69) is 6.92 Å². The van der Waals surface area contributed by atoms with Gasteiger partial charge in [-0.1, -0.05) is 13.0 Å². The molecular formula is C18H26N2O3S. The van der Waals surface area contributed by atoms with Crippen LogP contribution in [0.3, 0.4) is 0 Å². The fraction of sp³-hybridized carbons (Fsp3) is 0.611. The molecule has 5 nitrogen and oxygen atoms in total. The van der Waals surface area contributed by atoms with Gasteiger partial charge in [-0.25, -0.2) is 8.42 Å². The van der Waals surface area contributed by atoms with Crippen LogP contribution in [0.4, 0.5) is 5.69 Å². The minimum atomic E-state index is -3.27. The summed E-state index contributed by atoms with van der Waals surface area (Å²) in [6.07, 6.45) is 3.64. The van der Waals surface area contributed by atoms with Gasteiger partial charge in [0.1, 0.15) is 0 Å². The molecule has 1 amide bonds. The van der Waals surface area contributed by atoms with Crippen molar-refractivity contribution in [1.82, 2.24) is 4.90 Å². The quantitative estimate of drug-likeness (QED) is 0.824. The van der Waals surface area contributed by atoms with Crippen LogP contribution in [0.25, 0.3) is 0 Å². The van der Waals surface area contributed by atoms with Crippen LogP contribution in [0, 0.1) is 12.8 Å². The highest BCUT2D eigenvalue weighted by Gasteiger charge is 2.28. The van der Waals surface area contributed by atoms with Crippen molar-refractivity contribution >= 4 is 21.6 Å². The SMILES string of the molecule is Cc1ccc(C(=O)N2CCC(C)CC2)cc1N1CCCCS1(=O)=O. The molecule has 3 rings (SSSR count). The van der Waals surface area contributed by atoms with Gasteiger partial charge in [0, 0.05) is 25.2 Å². The van der Waals surface area contributed by atoms with E-state index in [1.807, 2.05) is 24.0 Å². The summed E-state index contributed by atoms with van der Waals surface area (Å²) in [5, 5.41) is 0. The molecule has 1 aromatic rings. The van der Waals surface area contributed by atoms with Crippen molar-refractivity contribution < 1.29 is 13.2 Å². The number of likely N-dealkylation sites (tertiary alicyclic amines) is 1. The minimum Gasteiger partial charge on any atom is -0.339 e. The lowest BCUT2D eigenvalue weighted by Crippen LogP contribution is -2.39. The molecule has 2 aliphatic rings. The zero-order valence-corrected chi connectivity index (χ0v) is 15.3. The Kier molecular flexibility index (Phi) is 4.85. The lowest BCUT2D eigenvalue weighted by atomic mass is 9.98. The fourth-order valence-corrected chi connectivity index (χ4v) is 5.16. The van der Waals surface area contributed by atoms with Crippen LogP contribution in [-0.4, -0.2) is 44.6 Å². The van der Waals surface area contributed by atoms with Gasteiger partial charge >= 0.3 is 0 Å². The van der Waals surface area contributed by atoms with Gasteiger partial charge in [-0.15, -0.1) is 0 Å². The predicted molar refractivity (Wildman–Crippen MR) is 95.8 cm³/mol. The van der Waals surface area contributed by atoms with Gasteiger partial charge in [0.2, 0.25) is 10.0 Å². The molecule has 2 saturated heterocycles. The zero-order chi connectivity index (χ0) is 17.3. The molecule has 0 aliphatic carbocycles. The highest BCUT2D eigenvalue weighted by Crippen LogP contribution is 2.29. The summed E-state index contributed by atoms with van der Waals surface area (Å²) in [5.74, 6) is 0.868. The first-order chi connectivity index (χ1) is 11.4. The number of aryl methyl sites for hydroxylation is 1. The van der Waals surface area contributed by atoms with Crippen molar-refractivity contribution in [1.29, 1.82) is 0 Å². The molecule has 1 aromatic carbocycles. The maximum Gasteiger partial charge on any atom is 0.253 e. The Bertz CT molecular complexity index is 722. The maximum absolute atomic E-state index is 12.8. The van der Waals surface area contributed by atoms with Crippen molar-refractivity contribution in [2.24, 2.45) is 5.92 Å². The fourth-order valence-electron chi connectivity index (χ4n) is 3.46. The summed E-state index contributed by atoms with van der Waals surface area (Å²) < 4.78 is 26.3. The zero-order valence-electron chi connectivity index (χ0n) is 14.5. The highest BCUT2D eigenvalue weighted by atomic mass is 32.2. The number of carbonyl (C=O) groups is 1. The van der Waals surface area contributed by atoms with Crippen molar-refractivity contribution in [3.63, 3.8) is 0 Å². The lowest BCUT2D eigenvalue weighted by Gasteiger charge is -2.32. The predicted octanol–water partition coefficient (Wildman–Crippen LogP) is 2.80. The molecule has 0 aromatic heterocycles. The molecule has 132 valence electrons. The Balaban J connectivity index is 1.87. The number of piperidine rings is 1. The summed E-state index contributed by atoms with van der Waals surface area (Å²) in [7, 11) is -3.27. The van der Waals surface area contributed by atoms with Gasteiger partial charge in [-0.2, -0.15) is 0 Å². The van der Waals surface area contributed by atoms with Gasteiger partial charge in [0.15, 0.2) is 0 Å². The van der Waals surface area contributed by atoms with E-state index in [9.17, 15) is 13.2 Å². The first kappa shape index (κ1) is 17.3. The van der Waals surface area contributed by atoms with Gasteiger partial charge in [-0.05, 0) is 56.2 Å². The normalized spacial score (nSPS) is 21.8. The van der Waals surface area contributed by atoms with Gasteiger partial charge in [0.05, 0.1) is 11.4 Å². The topological polar surface area (TPSA) is 57.7 Å². The number of rotatable bonds is 2. The summed E-state index contributed by atoms with van der Waals surface area (Å²) in [6, 6.07) is 5.44. The van der Waals surface area contributed by atoms with Crippen molar-refractivity contribution in [2.45, 2.75) is 39.5 Å². The van der Waals surface area contributed by atoms with Crippen LogP contribution in [0.2, 0.25) is 0 Å². The molecule has 0 bridgehead atoms. The van der Waals surface area contributed by atoms with E-state index in [1.165, 1.54) is 4.31 Å². The lowest BCUT2D eigenvalue weighted by molar-refractivity contribution is 0.0697. The van der Waals surface area contributed by atoms with Crippen LogP contribution >= 0.6 is 0 Å². The van der Waals surface area contributed by atoms with Crippen molar-refractivity contribution in [2.75, 3.05) is 29.7 Å². The number of nitrogens with zero attached hydrogens (tertiary/aromatic N) is 2. The van der Waals surface area contributed by atoms with E-state index < -0.39 is 10.0 Å². The molecule has 6 heteroatoms. The van der Waals surface area contributed by atoms with Crippen LogP contribution in [0.15, 0.2) is 18.2 Å². The van der Waals surface area contributed by atoms with Gasteiger partial charge < -0.3 is 4.90 Å². The van der Waals surface area contributed by atoms with E-state index in [-0.39, 0.29) is 11.7 Å². The average molecular weight is 350 g/mol. The Morgan fingerprint density at radius 1 is 1.12 bits per heavy atom. The molecule has 0 unspecified atom stereocenters. The van der Waals surface area contributed by atoms with Crippen molar-refractivity contribution in [3.8, 4) is 0 Å². The molecule has 2 aliphatic heterocycles. The van der Waals surface area contributed by atoms with Crippen molar-refractivity contribution in [3.05, 3.63) is 29.3 Å². The molecule has 0 atom stereocenters. The standard InChI is InChI=1S/C18H26N2O3S/c1-14-7-10-19(11-8-14)18(21)16-6-5-15(2)17(13-16)20-9-3-4-12-24(20,22)23/h5-6,13-14H,3-4,7-12H2,1-2H3. The second-order valence-corrected chi connectivity index (χ2v) is 9.08. The molecule has 2 heterocycles. The summed E-state index contributed by atoms with van der Waals surface area (Å²) in [6.45, 7) is 6.18. The Morgan fingerprint density at radius 2 is 1.83 bits per heavy atom. The third-order valence-corrected chi connectivity index (χ3v) is 7.00. The van der Waals surface area contributed by atoms with E-state index in [0.29, 0.717) is 30.1 Å². The Morgan fingerprint density at radius 3 is 2.50 bits per heavy atom. The second-order valence-electron chi connectivity index (χ2n) is 7.07. The van der Waals surface area contributed by atoms with E-state index in [4.69, 9.17) is 0 Å². The molecule has 24 heavy (non-hydrogen) atoms. The number of carbonyl (C=O) groups excluding carboxylic acids is 1. The second kappa shape index (κ2) is 6.75. The number of hydrogen-bond acceptors (Lipinski definition) is 3. The largest absolute Gasteiger partial charge is 0.339 e. The third kappa shape index (κ3) is 3.43. The monoisotopic (exact) mass is 350 g/mol.